The van der Waals surface area contributed by atoms with Gasteiger partial charge in [-0.15, -0.1) is 22.7 Å². The smallest absolute Gasteiger partial charge is 0.143 e. The number of hydrogen-bond donors (Lipinski definition) is 1. The van der Waals surface area contributed by atoms with Crippen molar-refractivity contribution in [2.24, 2.45) is 5.41 Å². The molecule has 0 spiro atoms. The van der Waals surface area contributed by atoms with Gasteiger partial charge in [-0.25, -0.2) is 9.97 Å². The zero-order chi connectivity index (χ0) is 13.5. The molecule has 5 heteroatoms. The summed E-state index contributed by atoms with van der Waals surface area (Å²) in [5, 5.41) is 6.76. The second-order valence-electron chi connectivity index (χ2n) is 5.86. The van der Waals surface area contributed by atoms with Crippen LogP contribution in [-0.4, -0.2) is 16.5 Å². The van der Waals surface area contributed by atoms with Gasteiger partial charge in [-0.2, -0.15) is 0 Å². The number of rotatable bonds is 3. The van der Waals surface area contributed by atoms with Crippen LogP contribution in [0, 0.1) is 5.41 Å². The van der Waals surface area contributed by atoms with Gasteiger partial charge < -0.3 is 5.32 Å². The van der Waals surface area contributed by atoms with Crippen LogP contribution in [0.15, 0.2) is 10.9 Å². The highest BCUT2D eigenvalue weighted by Crippen LogP contribution is 2.44. The van der Waals surface area contributed by atoms with Gasteiger partial charge >= 0.3 is 0 Å². The predicted molar refractivity (Wildman–Crippen MR) is 81.7 cm³/mol. The molecule has 19 heavy (non-hydrogen) atoms. The van der Waals surface area contributed by atoms with Crippen LogP contribution in [0.2, 0.25) is 0 Å². The van der Waals surface area contributed by atoms with E-state index < -0.39 is 0 Å². The van der Waals surface area contributed by atoms with E-state index in [4.69, 9.17) is 4.98 Å². The first-order valence-electron chi connectivity index (χ1n) is 6.70. The standard InChI is InChI=1S/C14H19N3S2/c1-4-15-9-5-14(2,3)6-10-12(9)19-13(17-10)11-7-18-8-16-11/h7-9,15H,4-6H2,1-3H3. The molecule has 0 fully saturated rings. The fraction of sp³-hybridized carbons (Fsp3) is 0.571. The molecule has 0 radical (unpaired) electrons. The number of thiazole rings is 2. The third-order valence-corrected chi connectivity index (χ3v) is 5.37. The monoisotopic (exact) mass is 293 g/mol. The summed E-state index contributed by atoms with van der Waals surface area (Å²) in [5.74, 6) is 0. The van der Waals surface area contributed by atoms with Gasteiger partial charge in [0.1, 0.15) is 10.7 Å². The van der Waals surface area contributed by atoms with Gasteiger partial charge in [0.05, 0.1) is 11.2 Å². The average molecular weight is 293 g/mol. The highest BCUT2D eigenvalue weighted by molar-refractivity contribution is 7.15. The number of nitrogens with one attached hydrogen (secondary N) is 1. The molecule has 0 bridgehead atoms. The van der Waals surface area contributed by atoms with Crippen molar-refractivity contribution in [2.45, 2.75) is 39.7 Å². The summed E-state index contributed by atoms with van der Waals surface area (Å²) < 4.78 is 0. The largest absolute Gasteiger partial charge is 0.309 e. The van der Waals surface area contributed by atoms with Crippen LogP contribution in [0.5, 0.6) is 0 Å². The van der Waals surface area contributed by atoms with E-state index in [0.29, 0.717) is 11.5 Å². The van der Waals surface area contributed by atoms with Gasteiger partial charge in [-0.3, -0.25) is 0 Å². The zero-order valence-corrected chi connectivity index (χ0v) is 13.2. The number of fused-ring (bicyclic) bond motifs is 1. The SMILES string of the molecule is CCNC1CC(C)(C)Cc2nc(-c3cscn3)sc21. The lowest BCUT2D eigenvalue weighted by Crippen LogP contribution is -2.32. The Morgan fingerprint density at radius 3 is 3.00 bits per heavy atom. The second-order valence-corrected chi connectivity index (χ2v) is 7.61. The van der Waals surface area contributed by atoms with Crippen LogP contribution < -0.4 is 5.32 Å². The van der Waals surface area contributed by atoms with E-state index >= 15 is 0 Å². The third-order valence-electron chi connectivity index (χ3n) is 3.55. The van der Waals surface area contributed by atoms with Crippen LogP contribution in [0.3, 0.4) is 0 Å². The fourth-order valence-corrected chi connectivity index (χ4v) is 4.51. The first-order chi connectivity index (χ1) is 9.09. The predicted octanol–water partition coefficient (Wildman–Crippen LogP) is 3.89. The van der Waals surface area contributed by atoms with Crippen molar-refractivity contribution in [3.63, 3.8) is 0 Å². The van der Waals surface area contributed by atoms with Gasteiger partial charge in [0.15, 0.2) is 0 Å². The Labute approximate surface area is 122 Å². The zero-order valence-electron chi connectivity index (χ0n) is 11.6. The van der Waals surface area contributed by atoms with E-state index in [1.807, 2.05) is 16.8 Å². The quantitative estimate of drug-likeness (QED) is 0.933. The molecule has 1 N–H and O–H groups in total. The van der Waals surface area contributed by atoms with Gasteiger partial charge in [0, 0.05) is 16.3 Å². The lowest BCUT2D eigenvalue weighted by molar-refractivity contribution is 0.260. The van der Waals surface area contributed by atoms with E-state index in [1.165, 1.54) is 17.0 Å². The minimum absolute atomic E-state index is 0.327. The number of nitrogens with zero attached hydrogens (tertiary/aromatic N) is 2. The van der Waals surface area contributed by atoms with Crippen molar-refractivity contribution in [1.82, 2.24) is 15.3 Å². The molecule has 102 valence electrons. The van der Waals surface area contributed by atoms with Gasteiger partial charge in [0.2, 0.25) is 0 Å². The summed E-state index contributed by atoms with van der Waals surface area (Å²) in [6.45, 7) is 7.85. The topological polar surface area (TPSA) is 37.8 Å². The number of aromatic nitrogens is 2. The van der Waals surface area contributed by atoms with Gasteiger partial charge in [-0.05, 0) is 24.8 Å². The molecule has 1 atom stereocenters. The van der Waals surface area contributed by atoms with E-state index in [0.717, 1.165) is 23.7 Å². The molecule has 2 aromatic rings. The summed E-state index contributed by atoms with van der Waals surface area (Å²) in [6.07, 6.45) is 2.26. The Morgan fingerprint density at radius 2 is 2.32 bits per heavy atom. The highest BCUT2D eigenvalue weighted by Gasteiger charge is 2.34. The first-order valence-corrected chi connectivity index (χ1v) is 8.46. The van der Waals surface area contributed by atoms with Crippen LogP contribution >= 0.6 is 22.7 Å². The molecule has 1 aliphatic rings. The van der Waals surface area contributed by atoms with Crippen LogP contribution in [0.25, 0.3) is 10.7 Å². The Bertz CT molecular complexity index is 557. The van der Waals surface area contributed by atoms with E-state index in [2.05, 4.69) is 36.5 Å². The summed E-state index contributed by atoms with van der Waals surface area (Å²) in [5.41, 5.74) is 4.50. The van der Waals surface area contributed by atoms with E-state index in [1.54, 1.807) is 11.3 Å². The maximum Gasteiger partial charge on any atom is 0.143 e. The first kappa shape index (κ1) is 13.2. The lowest BCUT2D eigenvalue weighted by Gasteiger charge is -2.34. The van der Waals surface area contributed by atoms with E-state index in [9.17, 15) is 0 Å². The van der Waals surface area contributed by atoms with Crippen molar-refractivity contribution in [3.05, 3.63) is 21.5 Å². The highest BCUT2D eigenvalue weighted by atomic mass is 32.1. The molecule has 3 nitrogen and oxygen atoms in total. The third kappa shape index (κ3) is 2.59. The van der Waals surface area contributed by atoms with Gasteiger partial charge in [-0.1, -0.05) is 20.8 Å². The maximum absolute atomic E-state index is 4.84. The molecule has 1 aliphatic carbocycles. The molecular weight excluding hydrogens is 274 g/mol. The van der Waals surface area contributed by atoms with E-state index in [-0.39, 0.29) is 0 Å². The molecular formula is C14H19N3S2. The van der Waals surface area contributed by atoms with Crippen molar-refractivity contribution in [1.29, 1.82) is 0 Å². The molecule has 2 heterocycles. The molecule has 0 saturated heterocycles. The normalized spacial score (nSPS) is 21.3. The second kappa shape index (κ2) is 4.96. The summed E-state index contributed by atoms with van der Waals surface area (Å²) in [7, 11) is 0. The summed E-state index contributed by atoms with van der Waals surface area (Å²) in [6, 6.07) is 0.452. The molecule has 3 rings (SSSR count). The number of hydrogen-bond acceptors (Lipinski definition) is 5. The maximum atomic E-state index is 4.84. The Balaban J connectivity index is 2.00. The molecule has 0 aliphatic heterocycles. The molecule has 0 aromatic carbocycles. The Kier molecular flexibility index (Phi) is 3.45. The molecule has 0 amide bonds. The van der Waals surface area contributed by atoms with Crippen molar-refractivity contribution >= 4 is 22.7 Å². The molecule has 0 saturated carbocycles. The minimum atomic E-state index is 0.327. The minimum Gasteiger partial charge on any atom is -0.309 e. The Morgan fingerprint density at radius 1 is 1.47 bits per heavy atom. The molecule has 2 aromatic heterocycles. The lowest BCUT2D eigenvalue weighted by atomic mass is 9.76. The molecule has 1 unspecified atom stereocenters. The fourth-order valence-electron chi connectivity index (χ4n) is 2.77. The summed E-state index contributed by atoms with van der Waals surface area (Å²) >= 11 is 3.44. The van der Waals surface area contributed by atoms with Crippen molar-refractivity contribution in [2.75, 3.05) is 6.54 Å². The van der Waals surface area contributed by atoms with Gasteiger partial charge in [0.25, 0.3) is 0 Å². The average Bonchev–Trinajstić information content (AvgIpc) is 2.94. The summed E-state index contributed by atoms with van der Waals surface area (Å²) in [4.78, 5) is 10.6. The van der Waals surface area contributed by atoms with Crippen LogP contribution in [0.4, 0.5) is 0 Å². The van der Waals surface area contributed by atoms with Crippen molar-refractivity contribution in [3.8, 4) is 10.7 Å². The Hall–Kier alpha value is -0.780. The van der Waals surface area contributed by atoms with Crippen LogP contribution in [0.1, 0.15) is 43.8 Å². The van der Waals surface area contributed by atoms with Crippen LogP contribution in [-0.2, 0) is 6.42 Å². The van der Waals surface area contributed by atoms with Crippen molar-refractivity contribution < 1.29 is 0 Å².